The van der Waals surface area contributed by atoms with Crippen molar-refractivity contribution in [2.45, 2.75) is 38.2 Å². The van der Waals surface area contributed by atoms with E-state index in [1.807, 2.05) is 24.3 Å². The smallest absolute Gasteiger partial charge is 0.120 e. The van der Waals surface area contributed by atoms with E-state index in [4.69, 9.17) is 9.47 Å². The molecule has 2 heteroatoms. The second kappa shape index (κ2) is 5.05. The van der Waals surface area contributed by atoms with Gasteiger partial charge < -0.3 is 9.47 Å². The van der Waals surface area contributed by atoms with Gasteiger partial charge in [-0.25, -0.2) is 0 Å². The van der Waals surface area contributed by atoms with Crippen LogP contribution in [0.1, 0.15) is 32.1 Å². The Bertz CT molecular complexity index is 433. The summed E-state index contributed by atoms with van der Waals surface area (Å²) in [4.78, 5) is 0. The van der Waals surface area contributed by atoms with E-state index in [-0.39, 0.29) is 0 Å². The number of benzene rings is 1. The van der Waals surface area contributed by atoms with Crippen LogP contribution in [0.4, 0.5) is 0 Å². The number of rotatable bonds is 3. The molecule has 0 unspecified atom stereocenters. The minimum Gasteiger partial charge on any atom is -0.497 e. The molecule has 2 atom stereocenters. The molecule has 0 bridgehead atoms. The molecule has 1 aromatic carbocycles. The molecule has 96 valence electrons. The number of fused-ring (bicyclic) bond motifs is 1. The minimum atomic E-state index is 0.368. The van der Waals surface area contributed by atoms with Crippen molar-refractivity contribution in [2.24, 2.45) is 5.92 Å². The Morgan fingerprint density at radius 2 is 1.89 bits per heavy atom. The molecule has 3 rings (SSSR count). The maximum absolute atomic E-state index is 6.07. The number of hydrogen-bond acceptors (Lipinski definition) is 2. The Labute approximate surface area is 109 Å². The first kappa shape index (κ1) is 11.6. The van der Waals surface area contributed by atoms with Gasteiger partial charge in [0.25, 0.3) is 0 Å². The average Bonchev–Trinajstić information content (AvgIpc) is 2.82. The number of methoxy groups -OCH3 is 1. The molecule has 1 fully saturated rings. The summed E-state index contributed by atoms with van der Waals surface area (Å²) in [6.45, 7) is 0. The standard InChI is InChI=1S/C16H20O2/c1-17-14-6-8-15(9-7-14)18-16-10-12-4-2-3-5-13(12)11-16/h4,6-9,13,16H,2-3,5,10-11H2,1H3/t13-,16-/m1/s1. The summed E-state index contributed by atoms with van der Waals surface area (Å²) in [5.41, 5.74) is 1.64. The third-order valence-electron chi connectivity index (χ3n) is 4.06. The fourth-order valence-corrected chi connectivity index (χ4v) is 3.12. The van der Waals surface area contributed by atoms with Crippen LogP contribution < -0.4 is 9.47 Å². The molecule has 1 aromatic rings. The third kappa shape index (κ3) is 2.38. The molecule has 0 aliphatic heterocycles. The number of hydrogen-bond donors (Lipinski definition) is 0. The van der Waals surface area contributed by atoms with E-state index in [0.717, 1.165) is 23.8 Å². The zero-order valence-electron chi connectivity index (χ0n) is 10.9. The fraction of sp³-hybridized carbons (Fsp3) is 0.500. The molecule has 2 aliphatic rings. The third-order valence-corrected chi connectivity index (χ3v) is 4.06. The predicted molar refractivity (Wildman–Crippen MR) is 72.1 cm³/mol. The summed E-state index contributed by atoms with van der Waals surface area (Å²) in [7, 11) is 1.68. The first-order valence-electron chi connectivity index (χ1n) is 6.85. The van der Waals surface area contributed by atoms with Crippen molar-refractivity contribution in [3.8, 4) is 11.5 Å². The first-order valence-corrected chi connectivity index (χ1v) is 6.85. The van der Waals surface area contributed by atoms with Crippen LogP contribution >= 0.6 is 0 Å². The lowest BCUT2D eigenvalue weighted by Gasteiger charge is -2.15. The first-order chi connectivity index (χ1) is 8.85. The van der Waals surface area contributed by atoms with Crippen LogP contribution in [0.3, 0.4) is 0 Å². The maximum Gasteiger partial charge on any atom is 0.120 e. The normalized spacial score (nSPS) is 26.4. The van der Waals surface area contributed by atoms with Crippen molar-refractivity contribution in [2.75, 3.05) is 7.11 Å². The van der Waals surface area contributed by atoms with E-state index in [2.05, 4.69) is 6.08 Å². The zero-order chi connectivity index (χ0) is 12.4. The molecule has 0 radical (unpaired) electrons. The van der Waals surface area contributed by atoms with Crippen LogP contribution in [0.15, 0.2) is 35.9 Å². The molecular weight excluding hydrogens is 224 g/mol. The molecule has 0 aromatic heterocycles. The molecular formula is C16H20O2. The number of allylic oxidation sites excluding steroid dienone is 1. The van der Waals surface area contributed by atoms with E-state index < -0.39 is 0 Å². The van der Waals surface area contributed by atoms with Crippen molar-refractivity contribution >= 4 is 0 Å². The lowest BCUT2D eigenvalue weighted by atomic mass is 9.90. The van der Waals surface area contributed by atoms with Gasteiger partial charge in [0.2, 0.25) is 0 Å². The quantitative estimate of drug-likeness (QED) is 0.749. The van der Waals surface area contributed by atoms with Crippen LogP contribution in [0.25, 0.3) is 0 Å². The van der Waals surface area contributed by atoms with Gasteiger partial charge in [-0.1, -0.05) is 11.6 Å². The zero-order valence-corrected chi connectivity index (χ0v) is 10.9. The topological polar surface area (TPSA) is 18.5 Å². The van der Waals surface area contributed by atoms with Crippen LogP contribution in [-0.4, -0.2) is 13.2 Å². The van der Waals surface area contributed by atoms with Crippen LogP contribution in [-0.2, 0) is 0 Å². The van der Waals surface area contributed by atoms with Gasteiger partial charge in [-0.2, -0.15) is 0 Å². The minimum absolute atomic E-state index is 0.368. The van der Waals surface area contributed by atoms with Gasteiger partial charge in [-0.3, -0.25) is 0 Å². The lowest BCUT2D eigenvalue weighted by molar-refractivity contribution is 0.203. The van der Waals surface area contributed by atoms with Crippen molar-refractivity contribution in [1.29, 1.82) is 0 Å². The van der Waals surface area contributed by atoms with Crippen molar-refractivity contribution in [3.63, 3.8) is 0 Å². The fourth-order valence-electron chi connectivity index (χ4n) is 3.12. The van der Waals surface area contributed by atoms with Crippen molar-refractivity contribution in [3.05, 3.63) is 35.9 Å². The SMILES string of the molecule is COc1ccc(O[C@@H]2CC3=CCCC[C@@H]3C2)cc1. The van der Waals surface area contributed by atoms with Gasteiger partial charge >= 0.3 is 0 Å². The van der Waals surface area contributed by atoms with E-state index >= 15 is 0 Å². The molecule has 2 aliphatic carbocycles. The van der Waals surface area contributed by atoms with E-state index in [9.17, 15) is 0 Å². The Morgan fingerprint density at radius 3 is 2.61 bits per heavy atom. The van der Waals surface area contributed by atoms with Gasteiger partial charge in [0.15, 0.2) is 0 Å². The van der Waals surface area contributed by atoms with Crippen molar-refractivity contribution in [1.82, 2.24) is 0 Å². The molecule has 0 N–H and O–H groups in total. The van der Waals surface area contributed by atoms with Crippen LogP contribution in [0.5, 0.6) is 11.5 Å². The summed E-state index contributed by atoms with van der Waals surface area (Å²) in [6.07, 6.45) is 9.09. The van der Waals surface area contributed by atoms with Crippen molar-refractivity contribution < 1.29 is 9.47 Å². The second-order valence-corrected chi connectivity index (χ2v) is 5.26. The second-order valence-electron chi connectivity index (χ2n) is 5.26. The highest BCUT2D eigenvalue weighted by atomic mass is 16.5. The Morgan fingerprint density at radius 1 is 1.11 bits per heavy atom. The van der Waals surface area contributed by atoms with Gasteiger partial charge in [0, 0.05) is 6.42 Å². The predicted octanol–water partition coefficient (Wildman–Crippen LogP) is 3.96. The molecule has 0 heterocycles. The average molecular weight is 244 g/mol. The lowest BCUT2D eigenvalue weighted by Crippen LogP contribution is -2.12. The molecule has 1 saturated carbocycles. The maximum atomic E-state index is 6.07. The van der Waals surface area contributed by atoms with Gasteiger partial charge in [0.1, 0.15) is 17.6 Å². The summed E-state index contributed by atoms with van der Waals surface area (Å²) in [6, 6.07) is 7.90. The Balaban J connectivity index is 1.63. The molecule has 18 heavy (non-hydrogen) atoms. The summed E-state index contributed by atoms with van der Waals surface area (Å²) in [5.74, 6) is 2.63. The monoisotopic (exact) mass is 244 g/mol. The van der Waals surface area contributed by atoms with Gasteiger partial charge in [-0.15, -0.1) is 0 Å². The van der Waals surface area contributed by atoms with Crippen LogP contribution in [0.2, 0.25) is 0 Å². The summed E-state index contributed by atoms with van der Waals surface area (Å²) in [5, 5.41) is 0. The highest BCUT2D eigenvalue weighted by Gasteiger charge is 2.31. The molecule has 2 nitrogen and oxygen atoms in total. The van der Waals surface area contributed by atoms with E-state index in [1.54, 1.807) is 12.7 Å². The summed E-state index contributed by atoms with van der Waals surface area (Å²) < 4.78 is 11.2. The molecule has 0 spiro atoms. The van der Waals surface area contributed by atoms with E-state index in [1.165, 1.54) is 25.7 Å². The highest BCUT2D eigenvalue weighted by molar-refractivity contribution is 5.31. The summed E-state index contributed by atoms with van der Waals surface area (Å²) >= 11 is 0. The highest BCUT2D eigenvalue weighted by Crippen LogP contribution is 2.40. The van der Waals surface area contributed by atoms with Crippen LogP contribution in [0, 0.1) is 5.92 Å². The van der Waals surface area contributed by atoms with E-state index in [0.29, 0.717) is 6.10 Å². The van der Waals surface area contributed by atoms with Gasteiger partial charge in [-0.05, 0) is 55.9 Å². The number of ether oxygens (including phenoxy) is 2. The Hall–Kier alpha value is -1.44. The molecule has 0 saturated heterocycles. The molecule has 0 amide bonds. The largest absolute Gasteiger partial charge is 0.497 e. The van der Waals surface area contributed by atoms with Gasteiger partial charge in [0.05, 0.1) is 7.11 Å². The Kier molecular flexibility index (Phi) is 3.26.